The third-order valence-corrected chi connectivity index (χ3v) is 4.45. The molecular weight excluding hydrogens is 280 g/mol. The van der Waals surface area contributed by atoms with E-state index >= 15 is 0 Å². The molecule has 7 heteroatoms. The van der Waals surface area contributed by atoms with Crippen molar-refractivity contribution in [3.8, 4) is 0 Å². The molecule has 1 amide bonds. The molecule has 1 atom stereocenters. The third-order valence-electron chi connectivity index (χ3n) is 4.45. The summed E-state index contributed by atoms with van der Waals surface area (Å²) in [7, 11) is 0. The highest BCUT2D eigenvalue weighted by Gasteiger charge is 2.48. The van der Waals surface area contributed by atoms with Gasteiger partial charge in [0.1, 0.15) is 6.33 Å². The Hall–Kier alpha value is -2.57. The van der Waals surface area contributed by atoms with Gasteiger partial charge in [-0.15, -0.1) is 0 Å². The summed E-state index contributed by atoms with van der Waals surface area (Å²) in [5.41, 5.74) is 0.755. The highest BCUT2D eigenvalue weighted by Crippen LogP contribution is 2.42. The van der Waals surface area contributed by atoms with Crippen molar-refractivity contribution >= 4 is 17.5 Å². The van der Waals surface area contributed by atoms with E-state index in [2.05, 4.69) is 24.8 Å². The number of anilines is 2. The highest BCUT2D eigenvalue weighted by molar-refractivity contribution is 5.96. The SMILES string of the molecule is O=C1C[C@@]2(CCN(c3ncccn3)C2)CN1c1cncnc1. The van der Waals surface area contributed by atoms with E-state index in [-0.39, 0.29) is 11.3 Å². The molecule has 0 unspecified atom stereocenters. The van der Waals surface area contributed by atoms with Crippen molar-refractivity contribution in [3.63, 3.8) is 0 Å². The molecule has 1 spiro atoms. The van der Waals surface area contributed by atoms with Crippen LogP contribution in [0.25, 0.3) is 0 Å². The van der Waals surface area contributed by atoms with Gasteiger partial charge in [-0.3, -0.25) is 4.79 Å². The van der Waals surface area contributed by atoms with Crippen LogP contribution in [0.15, 0.2) is 37.2 Å². The summed E-state index contributed by atoms with van der Waals surface area (Å²) in [6.45, 7) is 2.41. The molecule has 0 radical (unpaired) electrons. The topological polar surface area (TPSA) is 75.1 Å². The fourth-order valence-electron chi connectivity index (χ4n) is 3.40. The van der Waals surface area contributed by atoms with Crippen LogP contribution in [-0.4, -0.2) is 45.5 Å². The van der Waals surface area contributed by atoms with Crippen molar-refractivity contribution in [1.82, 2.24) is 19.9 Å². The normalized spacial score (nSPS) is 24.5. The summed E-state index contributed by atoms with van der Waals surface area (Å²) in [4.78, 5) is 33.0. The van der Waals surface area contributed by atoms with E-state index in [1.165, 1.54) is 6.33 Å². The summed E-state index contributed by atoms with van der Waals surface area (Å²) in [5.74, 6) is 0.888. The molecule has 2 aliphatic rings. The molecule has 7 nitrogen and oxygen atoms in total. The molecule has 2 fully saturated rings. The van der Waals surface area contributed by atoms with Crippen LogP contribution >= 0.6 is 0 Å². The van der Waals surface area contributed by atoms with Crippen molar-refractivity contribution in [2.24, 2.45) is 5.41 Å². The van der Waals surface area contributed by atoms with Crippen LogP contribution in [0.2, 0.25) is 0 Å². The van der Waals surface area contributed by atoms with Gasteiger partial charge in [0, 0.05) is 43.9 Å². The summed E-state index contributed by atoms with van der Waals surface area (Å²) < 4.78 is 0. The zero-order valence-corrected chi connectivity index (χ0v) is 12.1. The lowest BCUT2D eigenvalue weighted by Crippen LogP contribution is -2.31. The predicted octanol–water partition coefficient (Wildman–Crippen LogP) is 0.900. The molecule has 4 heterocycles. The Morgan fingerprint density at radius 3 is 2.64 bits per heavy atom. The molecule has 2 aliphatic heterocycles. The Morgan fingerprint density at radius 2 is 1.86 bits per heavy atom. The maximum Gasteiger partial charge on any atom is 0.227 e. The summed E-state index contributed by atoms with van der Waals surface area (Å²) in [5, 5.41) is 0. The van der Waals surface area contributed by atoms with E-state index in [1.807, 2.05) is 6.07 Å². The average molecular weight is 296 g/mol. The van der Waals surface area contributed by atoms with E-state index in [4.69, 9.17) is 0 Å². The summed E-state index contributed by atoms with van der Waals surface area (Å²) in [6, 6.07) is 1.81. The van der Waals surface area contributed by atoms with Gasteiger partial charge in [-0.1, -0.05) is 0 Å². The van der Waals surface area contributed by atoms with Gasteiger partial charge in [-0.25, -0.2) is 19.9 Å². The molecule has 2 aromatic rings. The molecule has 0 N–H and O–H groups in total. The van der Waals surface area contributed by atoms with Gasteiger partial charge in [0.15, 0.2) is 0 Å². The number of amides is 1. The summed E-state index contributed by atoms with van der Waals surface area (Å²) >= 11 is 0. The van der Waals surface area contributed by atoms with E-state index in [0.29, 0.717) is 13.0 Å². The maximum absolute atomic E-state index is 12.4. The van der Waals surface area contributed by atoms with Crippen LogP contribution in [-0.2, 0) is 4.79 Å². The van der Waals surface area contributed by atoms with Crippen molar-refractivity contribution < 1.29 is 4.79 Å². The molecular formula is C15H16N6O. The fraction of sp³-hybridized carbons (Fsp3) is 0.400. The van der Waals surface area contributed by atoms with Crippen LogP contribution in [0, 0.1) is 5.41 Å². The van der Waals surface area contributed by atoms with Gasteiger partial charge in [0.25, 0.3) is 0 Å². The second-order valence-electron chi connectivity index (χ2n) is 5.97. The molecule has 22 heavy (non-hydrogen) atoms. The Balaban J connectivity index is 1.54. The Bertz CT molecular complexity index is 679. The maximum atomic E-state index is 12.4. The first kappa shape index (κ1) is 13.1. The van der Waals surface area contributed by atoms with Gasteiger partial charge in [-0.05, 0) is 12.5 Å². The number of hydrogen-bond donors (Lipinski definition) is 0. The first-order valence-electron chi connectivity index (χ1n) is 7.33. The monoisotopic (exact) mass is 296 g/mol. The average Bonchev–Trinajstić information content (AvgIpc) is 3.13. The van der Waals surface area contributed by atoms with Crippen molar-refractivity contribution in [3.05, 3.63) is 37.2 Å². The smallest absolute Gasteiger partial charge is 0.227 e. The van der Waals surface area contributed by atoms with Gasteiger partial charge >= 0.3 is 0 Å². The molecule has 0 aromatic carbocycles. The first-order valence-corrected chi connectivity index (χ1v) is 7.33. The van der Waals surface area contributed by atoms with Gasteiger partial charge in [0.05, 0.1) is 18.1 Å². The minimum absolute atomic E-state index is 0.0217. The highest BCUT2D eigenvalue weighted by atomic mass is 16.2. The van der Waals surface area contributed by atoms with Crippen molar-refractivity contribution in [2.45, 2.75) is 12.8 Å². The lowest BCUT2D eigenvalue weighted by molar-refractivity contribution is -0.117. The van der Waals surface area contributed by atoms with Crippen LogP contribution < -0.4 is 9.80 Å². The fourth-order valence-corrected chi connectivity index (χ4v) is 3.40. The number of hydrogen-bond acceptors (Lipinski definition) is 6. The van der Waals surface area contributed by atoms with Crippen molar-refractivity contribution in [2.75, 3.05) is 29.4 Å². The minimum Gasteiger partial charge on any atom is -0.340 e. The number of aromatic nitrogens is 4. The second-order valence-corrected chi connectivity index (χ2v) is 5.97. The Labute approximate surface area is 128 Å². The molecule has 0 aliphatic carbocycles. The molecule has 0 saturated carbocycles. The second kappa shape index (κ2) is 5.01. The van der Waals surface area contributed by atoms with Gasteiger partial charge in [0.2, 0.25) is 11.9 Å². The van der Waals surface area contributed by atoms with Crippen LogP contribution in [0.5, 0.6) is 0 Å². The zero-order valence-electron chi connectivity index (χ0n) is 12.1. The van der Waals surface area contributed by atoms with Gasteiger partial charge in [-0.2, -0.15) is 0 Å². The predicted molar refractivity (Wildman–Crippen MR) is 80.3 cm³/mol. The largest absolute Gasteiger partial charge is 0.340 e. The lowest BCUT2D eigenvalue weighted by Gasteiger charge is -2.23. The first-order chi connectivity index (χ1) is 10.8. The third kappa shape index (κ3) is 2.18. The zero-order chi connectivity index (χ0) is 15.0. The van der Waals surface area contributed by atoms with Crippen LogP contribution in [0.3, 0.4) is 0 Å². The van der Waals surface area contributed by atoms with Crippen molar-refractivity contribution in [1.29, 1.82) is 0 Å². The van der Waals surface area contributed by atoms with E-state index in [0.717, 1.165) is 31.1 Å². The lowest BCUT2D eigenvalue weighted by atomic mass is 9.86. The van der Waals surface area contributed by atoms with E-state index in [9.17, 15) is 4.79 Å². The number of nitrogens with zero attached hydrogens (tertiary/aromatic N) is 6. The van der Waals surface area contributed by atoms with E-state index in [1.54, 1.807) is 29.7 Å². The van der Waals surface area contributed by atoms with Crippen LogP contribution in [0.4, 0.5) is 11.6 Å². The molecule has 112 valence electrons. The molecule has 2 saturated heterocycles. The minimum atomic E-state index is -0.0217. The number of rotatable bonds is 2. The molecule has 4 rings (SSSR count). The van der Waals surface area contributed by atoms with E-state index < -0.39 is 0 Å². The molecule has 0 bridgehead atoms. The summed E-state index contributed by atoms with van der Waals surface area (Å²) in [6.07, 6.45) is 9.89. The Morgan fingerprint density at radius 1 is 1.09 bits per heavy atom. The molecule has 2 aromatic heterocycles. The number of carbonyl (C=O) groups is 1. The number of carbonyl (C=O) groups excluding carboxylic acids is 1. The Kier molecular flexibility index (Phi) is 2.99. The van der Waals surface area contributed by atoms with Crippen LogP contribution in [0.1, 0.15) is 12.8 Å². The van der Waals surface area contributed by atoms with Gasteiger partial charge < -0.3 is 9.80 Å². The standard InChI is InChI=1S/C15H16N6O/c22-13-6-15(10-21(13)12-7-16-11-17-8-12)2-5-20(9-15)14-18-3-1-4-19-14/h1,3-4,7-8,11H,2,5-6,9-10H2/t15-/m1/s1. The quantitative estimate of drug-likeness (QED) is 0.819.